The summed E-state index contributed by atoms with van der Waals surface area (Å²) >= 11 is 5.86. The number of carbonyl (C=O) groups is 1. The summed E-state index contributed by atoms with van der Waals surface area (Å²) in [7, 11) is 0. The molecule has 0 saturated carbocycles. The van der Waals surface area contributed by atoms with Gasteiger partial charge in [0, 0.05) is 25.8 Å². The number of amides is 1. The van der Waals surface area contributed by atoms with Gasteiger partial charge in [-0.25, -0.2) is 9.31 Å². The van der Waals surface area contributed by atoms with E-state index in [1.54, 1.807) is 15.6 Å². The van der Waals surface area contributed by atoms with Gasteiger partial charge < -0.3 is 15.0 Å². The summed E-state index contributed by atoms with van der Waals surface area (Å²) in [5.41, 5.74) is 1.12. The molecule has 1 aliphatic heterocycles. The second-order valence-electron chi connectivity index (χ2n) is 7.03. The van der Waals surface area contributed by atoms with Crippen molar-refractivity contribution in [3.05, 3.63) is 23.6 Å². The van der Waals surface area contributed by atoms with Gasteiger partial charge in [0.25, 0.3) is 0 Å². The summed E-state index contributed by atoms with van der Waals surface area (Å²) in [5.74, 6) is 0.371. The monoisotopic (exact) mass is 351 g/mol. The first-order valence-electron chi connectivity index (χ1n) is 8.04. The summed E-state index contributed by atoms with van der Waals surface area (Å²) in [5, 5.41) is 7.70. The number of pyridine rings is 1. The van der Waals surface area contributed by atoms with Crippen LogP contribution in [0, 0.1) is 5.92 Å². The zero-order valence-electron chi connectivity index (χ0n) is 14.1. The van der Waals surface area contributed by atoms with Crippen molar-refractivity contribution in [1.82, 2.24) is 19.5 Å². The predicted octanol–water partition coefficient (Wildman–Crippen LogP) is 3.05. The maximum atomic E-state index is 12.1. The van der Waals surface area contributed by atoms with E-state index in [1.165, 1.54) is 0 Å². The van der Waals surface area contributed by atoms with Gasteiger partial charge in [0.1, 0.15) is 5.60 Å². The number of nitrogens with one attached hydrogen (secondary N) is 1. The van der Waals surface area contributed by atoms with Gasteiger partial charge in [-0.05, 0) is 56.8 Å². The van der Waals surface area contributed by atoms with Crippen molar-refractivity contribution in [3.8, 4) is 0 Å². The minimum atomic E-state index is -0.462. The molecule has 3 rings (SSSR count). The Morgan fingerprint density at radius 3 is 3.04 bits per heavy atom. The van der Waals surface area contributed by atoms with Crippen molar-refractivity contribution in [3.63, 3.8) is 0 Å². The fourth-order valence-corrected chi connectivity index (χ4v) is 2.93. The molecule has 0 aromatic carbocycles. The van der Waals surface area contributed by atoms with Crippen LogP contribution in [0.2, 0.25) is 5.28 Å². The van der Waals surface area contributed by atoms with Crippen molar-refractivity contribution in [2.24, 2.45) is 5.92 Å². The molecule has 7 nitrogen and oxygen atoms in total. The Hall–Kier alpha value is -2.02. The first-order valence-corrected chi connectivity index (χ1v) is 8.42. The summed E-state index contributed by atoms with van der Waals surface area (Å²) in [6, 6.07) is 3.84. The summed E-state index contributed by atoms with van der Waals surface area (Å²) in [6.07, 6.45) is 2.51. The Morgan fingerprint density at radius 2 is 2.29 bits per heavy atom. The van der Waals surface area contributed by atoms with E-state index in [1.807, 2.05) is 32.9 Å². The second-order valence-corrected chi connectivity index (χ2v) is 7.37. The molecule has 2 aromatic rings. The predicted molar refractivity (Wildman–Crippen MR) is 92.4 cm³/mol. The minimum absolute atomic E-state index is 0.223. The molecule has 1 N–H and O–H groups in total. The number of hydrogen-bond donors (Lipinski definition) is 1. The molecule has 1 saturated heterocycles. The minimum Gasteiger partial charge on any atom is -0.444 e. The lowest BCUT2D eigenvalue weighted by Gasteiger charge is -2.24. The molecule has 0 spiro atoms. The van der Waals surface area contributed by atoms with Gasteiger partial charge in [0.15, 0.2) is 5.65 Å². The number of likely N-dealkylation sites (tertiary alicyclic amines) is 1. The number of ether oxygens (including phenoxy) is 1. The lowest BCUT2D eigenvalue weighted by Crippen LogP contribution is -2.35. The molecular weight excluding hydrogens is 330 g/mol. The van der Waals surface area contributed by atoms with E-state index in [9.17, 15) is 4.79 Å². The Morgan fingerprint density at radius 1 is 1.50 bits per heavy atom. The van der Waals surface area contributed by atoms with Crippen LogP contribution in [0.4, 0.5) is 10.5 Å². The molecule has 2 aromatic heterocycles. The average molecular weight is 352 g/mol. The quantitative estimate of drug-likeness (QED) is 0.920. The van der Waals surface area contributed by atoms with Crippen LogP contribution < -0.4 is 5.32 Å². The highest BCUT2D eigenvalue weighted by molar-refractivity contribution is 6.28. The third-order valence-corrected chi connectivity index (χ3v) is 4.02. The summed E-state index contributed by atoms with van der Waals surface area (Å²) in [6.45, 7) is 7.81. The van der Waals surface area contributed by atoms with Gasteiger partial charge in [-0.1, -0.05) is 0 Å². The highest BCUT2D eigenvalue weighted by atomic mass is 35.5. The molecule has 1 atom stereocenters. The van der Waals surface area contributed by atoms with Crippen LogP contribution in [0.5, 0.6) is 0 Å². The van der Waals surface area contributed by atoms with Gasteiger partial charge >= 0.3 is 6.09 Å². The fraction of sp³-hybridized carbons (Fsp3) is 0.562. The molecule has 1 fully saturated rings. The lowest BCUT2D eigenvalue weighted by molar-refractivity contribution is 0.0289. The zero-order chi connectivity index (χ0) is 17.3. The standard InChI is InChI=1S/C16H22ClN5O2/c1-16(2,3)24-15(23)21-8-6-11(10-21)9-18-12-5-4-7-22-13(12)19-14(17)20-22/h4-5,7,11,18H,6,8-10H2,1-3H3. The molecule has 1 unspecified atom stereocenters. The van der Waals surface area contributed by atoms with Crippen molar-refractivity contribution < 1.29 is 9.53 Å². The SMILES string of the molecule is CC(C)(C)OC(=O)N1CCC(CNc2cccn3nc(Cl)nc23)C1. The maximum absolute atomic E-state index is 12.1. The van der Waals surface area contributed by atoms with E-state index in [0.29, 0.717) is 18.1 Å². The smallest absolute Gasteiger partial charge is 0.410 e. The van der Waals surface area contributed by atoms with E-state index < -0.39 is 5.60 Å². The van der Waals surface area contributed by atoms with E-state index in [4.69, 9.17) is 16.3 Å². The van der Waals surface area contributed by atoms with Crippen molar-refractivity contribution in [2.45, 2.75) is 32.8 Å². The number of halogens is 1. The number of hydrogen-bond acceptors (Lipinski definition) is 5. The maximum Gasteiger partial charge on any atom is 0.410 e. The normalized spacial score (nSPS) is 18.2. The van der Waals surface area contributed by atoms with Crippen LogP contribution in [-0.4, -0.2) is 50.8 Å². The van der Waals surface area contributed by atoms with Crippen LogP contribution in [0.15, 0.2) is 18.3 Å². The highest BCUT2D eigenvalue weighted by Gasteiger charge is 2.29. The number of carbonyl (C=O) groups excluding carboxylic acids is 1. The van der Waals surface area contributed by atoms with Crippen molar-refractivity contribution in [1.29, 1.82) is 0 Å². The van der Waals surface area contributed by atoms with Crippen molar-refractivity contribution >= 4 is 29.0 Å². The van der Waals surface area contributed by atoms with Gasteiger partial charge in [-0.15, -0.1) is 5.10 Å². The van der Waals surface area contributed by atoms with Crippen molar-refractivity contribution in [2.75, 3.05) is 25.0 Å². The van der Waals surface area contributed by atoms with E-state index in [2.05, 4.69) is 15.4 Å². The fourth-order valence-electron chi connectivity index (χ4n) is 2.76. The molecule has 0 radical (unpaired) electrons. The molecular formula is C16H22ClN5O2. The highest BCUT2D eigenvalue weighted by Crippen LogP contribution is 2.22. The second kappa shape index (κ2) is 6.47. The van der Waals surface area contributed by atoms with Crippen LogP contribution in [0.1, 0.15) is 27.2 Å². The van der Waals surface area contributed by atoms with Gasteiger partial charge in [0.2, 0.25) is 5.28 Å². The van der Waals surface area contributed by atoms with Crippen LogP contribution in [-0.2, 0) is 4.74 Å². The first kappa shape index (κ1) is 16.8. The van der Waals surface area contributed by atoms with Crippen LogP contribution >= 0.6 is 11.6 Å². The Labute approximate surface area is 145 Å². The molecule has 130 valence electrons. The Bertz CT molecular complexity index is 740. The van der Waals surface area contributed by atoms with Gasteiger partial charge in [-0.3, -0.25) is 0 Å². The molecule has 0 bridgehead atoms. The van der Waals surface area contributed by atoms with Gasteiger partial charge in [-0.2, -0.15) is 4.98 Å². The number of anilines is 1. The van der Waals surface area contributed by atoms with Gasteiger partial charge in [0.05, 0.1) is 5.69 Å². The largest absolute Gasteiger partial charge is 0.444 e. The molecule has 24 heavy (non-hydrogen) atoms. The summed E-state index contributed by atoms with van der Waals surface area (Å²) < 4.78 is 7.07. The lowest BCUT2D eigenvalue weighted by atomic mass is 10.1. The van der Waals surface area contributed by atoms with E-state index >= 15 is 0 Å². The molecule has 1 aliphatic rings. The number of nitrogens with zero attached hydrogens (tertiary/aromatic N) is 4. The van der Waals surface area contributed by atoms with E-state index in [-0.39, 0.29) is 11.4 Å². The number of aromatic nitrogens is 3. The average Bonchev–Trinajstić information content (AvgIpc) is 3.08. The Kier molecular flexibility index (Phi) is 4.54. The third kappa shape index (κ3) is 3.90. The molecule has 0 aliphatic carbocycles. The third-order valence-electron chi connectivity index (χ3n) is 3.86. The summed E-state index contributed by atoms with van der Waals surface area (Å²) in [4.78, 5) is 18.1. The number of fused-ring (bicyclic) bond motifs is 1. The van der Waals surface area contributed by atoms with Crippen LogP contribution in [0.25, 0.3) is 5.65 Å². The Balaban J connectivity index is 1.57. The molecule has 1 amide bonds. The van der Waals surface area contributed by atoms with E-state index in [0.717, 1.165) is 25.2 Å². The first-order chi connectivity index (χ1) is 11.3. The zero-order valence-corrected chi connectivity index (χ0v) is 14.9. The topological polar surface area (TPSA) is 71.8 Å². The molecule has 8 heteroatoms. The molecule has 3 heterocycles. The van der Waals surface area contributed by atoms with Crippen LogP contribution in [0.3, 0.4) is 0 Å². The number of rotatable bonds is 3.